The van der Waals surface area contributed by atoms with E-state index in [4.69, 9.17) is 14.2 Å². The Morgan fingerprint density at radius 2 is 1.67 bits per heavy atom. The van der Waals surface area contributed by atoms with Crippen LogP contribution in [0.2, 0.25) is 0 Å². The first-order chi connectivity index (χ1) is 10.2. The van der Waals surface area contributed by atoms with E-state index in [1.165, 1.54) is 5.56 Å². The van der Waals surface area contributed by atoms with Crippen LogP contribution in [-0.2, 0) is 15.9 Å². The van der Waals surface area contributed by atoms with Crippen molar-refractivity contribution in [1.29, 1.82) is 0 Å². The molecule has 0 aliphatic heterocycles. The Labute approximate surface area is 128 Å². The molecule has 1 aromatic carbocycles. The maximum absolute atomic E-state index is 9.22. The molecule has 0 spiro atoms. The molecule has 21 heavy (non-hydrogen) atoms. The minimum Gasteiger partial charge on any atom is -0.491 e. The van der Waals surface area contributed by atoms with Crippen molar-refractivity contribution in [2.24, 2.45) is 0 Å². The molecule has 1 aromatic rings. The van der Waals surface area contributed by atoms with Gasteiger partial charge in [0.05, 0.1) is 25.9 Å². The Morgan fingerprint density at radius 3 is 2.33 bits per heavy atom. The van der Waals surface area contributed by atoms with Crippen LogP contribution in [0.25, 0.3) is 0 Å². The highest BCUT2D eigenvalue weighted by Crippen LogP contribution is 2.14. The first-order valence-corrected chi connectivity index (χ1v) is 7.77. The Balaban J connectivity index is 2.10. The molecule has 4 heteroatoms. The van der Waals surface area contributed by atoms with Crippen LogP contribution in [-0.4, -0.2) is 44.2 Å². The van der Waals surface area contributed by atoms with Gasteiger partial charge in [0.2, 0.25) is 0 Å². The number of aliphatic hydroxyl groups excluding tert-OH is 1. The Morgan fingerprint density at radius 1 is 1.00 bits per heavy atom. The third-order valence-electron chi connectivity index (χ3n) is 3.08. The first kappa shape index (κ1) is 18.0. The van der Waals surface area contributed by atoms with Crippen molar-refractivity contribution in [3.63, 3.8) is 0 Å². The molecule has 0 aliphatic carbocycles. The van der Waals surface area contributed by atoms with Crippen molar-refractivity contribution in [2.45, 2.75) is 39.2 Å². The molecule has 1 rings (SSSR count). The van der Waals surface area contributed by atoms with Gasteiger partial charge in [0.1, 0.15) is 12.4 Å². The molecule has 0 heterocycles. The van der Waals surface area contributed by atoms with Crippen LogP contribution in [0.5, 0.6) is 5.75 Å². The number of rotatable bonds is 12. The Kier molecular flexibility index (Phi) is 9.87. The second-order valence-corrected chi connectivity index (χ2v) is 5.04. The minimum absolute atomic E-state index is 0.213. The summed E-state index contributed by atoms with van der Waals surface area (Å²) in [7, 11) is 0. The number of hydrogen-bond acceptors (Lipinski definition) is 4. The van der Waals surface area contributed by atoms with Crippen molar-refractivity contribution < 1.29 is 19.3 Å². The van der Waals surface area contributed by atoms with E-state index < -0.39 is 0 Å². The summed E-state index contributed by atoms with van der Waals surface area (Å²) in [5, 5.41) is 9.22. The average molecular weight is 296 g/mol. The molecule has 4 nitrogen and oxygen atoms in total. The number of hydrogen-bond donors (Lipinski definition) is 1. The number of aryl methyl sites for hydroxylation is 1. The smallest absolute Gasteiger partial charge is 0.119 e. The molecular weight excluding hydrogens is 268 g/mol. The van der Waals surface area contributed by atoms with Gasteiger partial charge in [0.25, 0.3) is 0 Å². The van der Waals surface area contributed by atoms with Gasteiger partial charge in [0, 0.05) is 6.61 Å². The molecule has 0 aliphatic rings. The first-order valence-electron chi connectivity index (χ1n) is 7.77. The fourth-order valence-corrected chi connectivity index (χ4v) is 1.94. The zero-order valence-electron chi connectivity index (χ0n) is 13.2. The van der Waals surface area contributed by atoms with Crippen molar-refractivity contribution in [1.82, 2.24) is 0 Å². The minimum atomic E-state index is -0.213. The lowest BCUT2D eigenvalue weighted by Crippen LogP contribution is -2.10. The maximum atomic E-state index is 9.22. The number of benzene rings is 1. The zero-order chi connectivity index (χ0) is 15.3. The third kappa shape index (κ3) is 9.45. The summed E-state index contributed by atoms with van der Waals surface area (Å²) >= 11 is 0. The van der Waals surface area contributed by atoms with E-state index in [1.807, 2.05) is 26.0 Å². The summed E-state index contributed by atoms with van der Waals surface area (Å²) in [6, 6.07) is 8.12. The summed E-state index contributed by atoms with van der Waals surface area (Å²) < 4.78 is 16.2. The van der Waals surface area contributed by atoms with Gasteiger partial charge in [-0.2, -0.15) is 0 Å². The van der Waals surface area contributed by atoms with Crippen molar-refractivity contribution >= 4 is 0 Å². The standard InChI is InChI=1S/C17H28O4/c1-3-19-11-12-20-13-14-21-17-9-7-16(8-10-17)6-4-5-15(2)18/h7-10,15,18H,3-6,11-14H2,1-2H3. The lowest BCUT2D eigenvalue weighted by Gasteiger charge is -2.08. The summed E-state index contributed by atoms with van der Waals surface area (Å²) in [6.45, 7) is 6.89. The lowest BCUT2D eigenvalue weighted by atomic mass is 10.1. The Bertz CT molecular complexity index is 348. The van der Waals surface area contributed by atoms with Crippen LogP contribution in [0.1, 0.15) is 32.3 Å². The fourth-order valence-electron chi connectivity index (χ4n) is 1.94. The van der Waals surface area contributed by atoms with Crippen molar-refractivity contribution in [2.75, 3.05) is 33.0 Å². The van der Waals surface area contributed by atoms with Gasteiger partial charge in [-0.25, -0.2) is 0 Å². The average Bonchev–Trinajstić information content (AvgIpc) is 2.47. The van der Waals surface area contributed by atoms with E-state index in [-0.39, 0.29) is 6.10 Å². The van der Waals surface area contributed by atoms with E-state index in [1.54, 1.807) is 0 Å². The molecule has 1 atom stereocenters. The maximum Gasteiger partial charge on any atom is 0.119 e. The molecule has 0 radical (unpaired) electrons. The SMILES string of the molecule is CCOCCOCCOc1ccc(CCCC(C)O)cc1. The van der Waals surface area contributed by atoms with Gasteiger partial charge in [0.15, 0.2) is 0 Å². The van der Waals surface area contributed by atoms with Crippen LogP contribution in [0, 0.1) is 0 Å². The zero-order valence-corrected chi connectivity index (χ0v) is 13.2. The topological polar surface area (TPSA) is 47.9 Å². The molecule has 0 aromatic heterocycles. The predicted molar refractivity (Wildman–Crippen MR) is 83.9 cm³/mol. The van der Waals surface area contributed by atoms with Gasteiger partial charge in [-0.1, -0.05) is 12.1 Å². The van der Waals surface area contributed by atoms with Gasteiger partial charge < -0.3 is 19.3 Å². The summed E-state index contributed by atoms with van der Waals surface area (Å²) in [4.78, 5) is 0. The summed E-state index contributed by atoms with van der Waals surface area (Å²) in [6.07, 6.45) is 2.63. The van der Waals surface area contributed by atoms with Gasteiger partial charge >= 0.3 is 0 Å². The van der Waals surface area contributed by atoms with E-state index >= 15 is 0 Å². The highest BCUT2D eigenvalue weighted by molar-refractivity contribution is 5.27. The second-order valence-electron chi connectivity index (χ2n) is 5.04. The fraction of sp³-hybridized carbons (Fsp3) is 0.647. The highest BCUT2D eigenvalue weighted by atomic mass is 16.5. The van der Waals surface area contributed by atoms with E-state index in [0.717, 1.165) is 31.6 Å². The second kappa shape index (κ2) is 11.5. The van der Waals surface area contributed by atoms with E-state index in [2.05, 4.69) is 12.1 Å². The summed E-state index contributed by atoms with van der Waals surface area (Å²) in [5.74, 6) is 0.864. The third-order valence-corrected chi connectivity index (χ3v) is 3.08. The van der Waals surface area contributed by atoms with Gasteiger partial charge in [-0.3, -0.25) is 0 Å². The van der Waals surface area contributed by atoms with Crippen LogP contribution in [0.3, 0.4) is 0 Å². The number of ether oxygens (including phenoxy) is 3. The lowest BCUT2D eigenvalue weighted by molar-refractivity contribution is 0.0405. The van der Waals surface area contributed by atoms with Crippen molar-refractivity contribution in [3.8, 4) is 5.75 Å². The quantitative estimate of drug-likeness (QED) is 0.603. The summed E-state index contributed by atoms with van der Waals surface area (Å²) in [5.41, 5.74) is 1.27. The highest BCUT2D eigenvalue weighted by Gasteiger charge is 1.99. The van der Waals surface area contributed by atoms with Crippen molar-refractivity contribution in [3.05, 3.63) is 29.8 Å². The van der Waals surface area contributed by atoms with Gasteiger partial charge in [-0.05, 0) is 50.8 Å². The van der Waals surface area contributed by atoms with Crippen LogP contribution >= 0.6 is 0 Å². The molecule has 0 amide bonds. The molecular formula is C17H28O4. The molecule has 120 valence electrons. The Hall–Kier alpha value is -1.10. The number of aliphatic hydroxyl groups is 1. The predicted octanol–water partition coefficient (Wildman–Crippen LogP) is 2.82. The largest absolute Gasteiger partial charge is 0.491 e. The molecule has 0 saturated heterocycles. The molecule has 1 unspecified atom stereocenters. The van der Waals surface area contributed by atoms with Crippen LogP contribution in [0.4, 0.5) is 0 Å². The van der Waals surface area contributed by atoms with Crippen LogP contribution in [0.15, 0.2) is 24.3 Å². The van der Waals surface area contributed by atoms with E-state index in [9.17, 15) is 5.11 Å². The normalized spacial score (nSPS) is 12.3. The monoisotopic (exact) mass is 296 g/mol. The van der Waals surface area contributed by atoms with Gasteiger partial charge in [-0.15, -0.1) is 0 Å². The molecule has 0 saturated carbocycles. The van der Waals surface area contributed by atoms with Crippen LogP contribution < -0.4 is 4.74 Å². The molecule has 1 N–H and O–H groups in total. The van der Waals surface area contributed by atoms with E-state index in [0.29, 0.717) is 26.4 Å². The molecule has 0 fully saturated rings. The molecule has 0 bridgehead atoms.